The van der Waals surface area contributed by atoms with E-state index in [0.717, 1.165) is 12.8 Å². The van der Waals surface area contributed by atoms with Crippen molar-refractivity contribution in [3.63, 3.8) is 0 Å². The largest absolute Gasteiger partial charge is 0.127 e. The Morgan fingerprint density at radius 1 is 1.33 bits per heavy atom. The summed E-state index contributed by atoms with van der Waals surface area (Å²) in [5, 5.41) is -0.00165. The number of hydrogen-bond donors (Lipinski definition) is 0. The minimum atomic E-state index is -0.0873. The highest BCUT2D eigenvalue weighted by atomic mass is 35.5. The fourth-order valence-electron chi connectivity index (χ4n) is 0.514. The lowest BCUT2D eigenvalue weighted by Gasteiger charge is -2.07. The maximum atomic E-state index is 5.77. The molecule has 0 nitrogen and oxygen atoms in total. The molecule has 0 aliphatic heterocycles. The second-order valence-electron chi connectivity index (χ2n) is 1.91. The molecule has 0 rings (SSSR count). The smallest absolute Gasteiger partial charge is 0.0361 e. The zero-order valence-electron chi connectivity index (χ0n) is 5.12. The molecule has 0 saturated carbocycles. The molecule has 2 unspecified atom stereocenters. The highest BCUT2D eigenvalue weighted by Gasteiger charge is 2.06. The van der Waals surface area contributed by atoms with Crippen molar-refractivity contribution in [1.82, 2.24) is 0 Å². The quantitative estimate of drug-likeness (QED) is 0.595. The van der Waals surface area contributed by atoms with Gasteiger partial charge >= 0.3 is 0 Å². The summed E-state index contributed by atoms with van der Waals surface area (Å²) in [5.74, 6) is 0.595. The average molecular weight is 189 g/mol. The first-order valence-corrected chi connectivity index (χ1v) is 4.24. The molecule has 0 fully saturated rings. The predicted octanol–water partition coefficient (Wildman–Crippen LogP) is 3.05. The van der Waals surface area contributed by atoms with Gasteiger partial charge in [0, 0.05) is 16.6 Å². The summed E-state index contributed by atoms with van der Waals surface area (Å²) in [6, 6.07) is 0. The van der Waals surface area contributed by atoms with Crippen LogP contribution in [-0.2, 0) is 0 Å². The molecule has 0 aliphatic carbocycles. The molecule has 9 heavy (non-hydrogen) atoms. The van der Waals surface area contributed by atoms with E-state index >= 15 is 0 Å². The zero-order valence-corrected chi connectivity index (χ0v) is 7.38. The van der Waals surface area contributed by atoms with Crippen LogP contribution in [0, 0.1) is 6.92 Å². The Hall–Kier alpha value is 0.870. The zero-order chi connectivity index (χ0) is 7.28. The van der Waals surface area contributed by atoms with E-state index in [0.29, 0.717) is 5.88 Å². The lowest BCUT2D eigenvalue weighted by Crippen LogP contribution is -2.05. The van der Waals surface area contributed by atoms with Gasteiger partial charge in [-0.25, -0.2) is 0 Å². The van der Waals surface area contributed by atoms with Crippen LogP contribution in [0.5, 0.6) is 0 Å². The van der Waals surface area contributed by atoms with Crippen LogP contribution in [0.15, 0.2) is 0 Å². The molecule has 0 aromatic rings. The van der Waals surface area contributed by atoms with Gasteiger partial charge in [-0.05, 0) is 19.8 Å². The van der Waals surface area contributed by atoms with E-state index in [2.05, 4.69) is 6.92 Å². The van der Waals surface area contributed by atoms with Crippen LogP contribution in [0.4, 0.5) is 0 Å². The van der Waals surface area contributed by atoms with Crippen molar-refractivity contribution in [3.05, 3.63) is 6.92 Å². The van der Waals surface area contributed by atoms with Crippen molar-refractivity contribution in [3.8, 4) is 0 Å². The molecule has 3 heteroatoms. The first kappa shape index (κ1) is 9.87. The molecule has 1 radical (unpaired) electrons. The van der Waals surface area contributed by atoms with Gasteiger partial charge in [0.25, 0.3) is 0 Å². The molecular formula is C6H10Cl3. The third-order valence-electron chi connectivity index (χ3n) is 0.934. The van der Waals surface area contributed by atoms with Gasteiger partial charge < -0.3 is 0 Å². The van der Waals surface area contributed by atoms with E-state index in [-0.39, 0.29) is 10.8 Å². The van der Waals surface area contributed by atoms with Gasteiger partial charge in [-0.1, -0.05) is 0 Å². The average Bonchev–Trinajstić information content (AvgIpc) is 1.63. The van der Waals surface area contributed by atoms with E-state index in [1.165, 1.54) is 0 Å². The van der Waals surface area contributed by atoms with E-state index in [4.69, 9.17) is 34.8 Å². The monoisotopic (exact) mass is 187 g/mol. The molecule has 0 amide bonds. The van der Waals surface area contributed by atoms with Gasteiger partial charge in [0.1, 0.15) is 0 Å². The van der Waals surface area contributed by atoms with Crippen LogP contribution in [0.1, 0.15) is 12.8 Å². The summed E-state index contributed by atoms with van der Waals surface area (Å²) in [5.41, 5.74) is 0. The van der Waals surface area contributed by atoms with Gasteiger partial charge in [0.15, 0.2) is 0 Å². The second kappa shape index (κ2) is 5.64. The van der Waals surface area contributed by atoms with Crippen LogP contribution in [-0.4, -0.2) is 16.6 Å². The Balaban J connectivity index is 3.15. The van der Waals surface area contributed by atoms with Crippen molar-refractivity contribution in [2.75, 3.05) is 5.88 Å². The normalized spacial score (nSPS) is 17.3. The molecule has 0 N–H and O–H groups in total. The number of hydrogen-bond acceptors (Lipinski definition) is 0. The summed E-state index contributed by atoms with van der Waals surface area (Å²) in [4.78, 5) is 0. The molecule has 0 spiro atoms. The SMILES string of the molecule is [CH2]C(Cl)CC(Cl)CCCl. The molecule has 0 bridgehead atoms. The summed E-state index contributed by atoms with van der Waals surface area (Å²) in [6.07, 6.45) is 1.54. The minimum Gasteiger partial charge on any atom is -0.127 e. The van der Waals surface area contributed by atoms with Gasteiger partial charge in [0.2, 0.25) is 0 Å². The number of rotatable bonds is 4. The molecule has 0 aromatic carbocycles. The first-order valence-electron chi connectivity index (χ1n) is 2.84. The second-order valence-corrected chi connectivity index (χ2v) is 3.52. The fraction of sp³-hybridized carbons (Fsp3) is 0.833. The van der Waals surface area contributed by atoms with E-state index in [9.17, 15) is 0 Å². The Labute approximate surface area is 71.5 Å². The lowest BCUT2D eigenvalue weighted by molar-refractivity contribution is 0.745. The first-order chi connectivity index (χ1) is 4.16. The molecular weight excluding hydrogens is 178 g/mol. The maximum absolute atomic E-state index is 5.77. The Morgan fingerprint density at radius 3 is 2.22 bits per heavy atom. The molecule has 0 aliphatic rings. The molecule has 0 saturated heterocycles. The summed E-state index contributed by atoms with van der Waals surface area (Å²) >= 11 is 16.8. The van der Waals surface area contributed by atoms with E-state index in [1.54, 1.807) is 0 Å². The number of halogens is 3. The third kappa shape index (κ3) is 6.76. The van der Waals surface area contributed by atoms with Gasteiger partial charge in [-0.3, -0.25) is 0 Å². The molecule has 55 valence electrons. The van der Waals surface area contributed by atoms with Crippen molar-refractivity contribution in [1.29, 1.82) is 0 Å². The molecule has 0 heterocycles. The van der Waals surface area contributed by atoms with Crippen molar-refractivity contribution >= 4 is 34.8 Å². The lowest BCUT2D eigenvalue weighted by atomic mass is 10.2. The maximum Gasteiger partial charge on any atom is 0.0361 e. The predicted molar refractivity (Wildman–Crippen MR) is 44.6 cm³/mol. The third-order valence-corrected chi connectivity index (χ3v) is 1.73. The fourth-order valence-corrected chi connectivity index (χ4v) is 1.52. The van der Waals surface area contributed by atoms with Crippen molar-refractivity contribution < 1.29 is 0 Å². The highest BCUT2D eigenvalue weighted by Crippen LogP contribution is 2.13. The Bertz CT molecular complexity index is 63.3. The van der Waals surface area contributed by atoms with Crippen LogP contribution in [0.25, 0.3) is 0 Å². The van der Waals surface area contributed by atoms with Crippen LogP contribution in [0.3, 0.4) is 0 Å². The number of alkyl halides is 3. The summed E-state index contributed by atoms with van der Waals surface area (Å²) < 4.78 is 0. The van der Waals surface area contributed by atoms with Crippen LogP contribution >= 0.6 is 34.8 Å². The highest BCUT2D eigenvalue weighted by molar-refractivity contribution is 6.24. The summed E-state index contributed by atoms with van der Waals surface area (Å²) in [7, 11) is 0. The topological polar surface area (TPSA) is 0 Å². The van der Waals surface area contributed by atoms with Gasteiger partial charge in [-0.15, -0.1) is 34.8 Å². The van der Waals surface area contributed by atoms with Gasteiger partial charge in [0.05, 0.1) is 0 Å². The van der Waals surface area contributed by atoms with E-state index in [1.807, 2.05) is 0 Å². The van der Waals surface area contributed by atoms with Crippen LogP contribution in [0.2, 0.25) is 0 Å². The van der Waals surface area contributed by atoms with Crippen molar-refractivity contribution in [2.45, 2.75) is 23.6 Å². The standard InChI is InChI=1S/C6H10Cl3/c1-5(8)4-6(9)2-3-7/h5-6H,1-4H2. The minimum absolute atomic E-state index is 0.0856. The van der Waals surface area contributed by atoms with E-state index < -0.39 is 0 Å². The molecule has 2 atom stereocenters. The molecule has 0 aromatic heterocycles. The Kier molecular flexibility index (Phi) is 6.18. The van der Waals surface area contributed by atoms with Gasteiger partial charge in [-0.2, -0.15) is 0 Å². The van der Waals surface area contributed by atoms with Crippen molar-refractivity contribution in [2.24, 2.45) is 0 Å². The van der Waals surface area contributed by atoms with Crippen LogP contribution < -0.4 is 0 Å². The Morgan fingerprint density at radius 2 is 1.89 bits per heavy atom. The summed E-state index contributed by atoms with van der Waals surface area (Å²) in [6.45, 7) is 3.60.